The molecule has 0 saturated carbocycles. The summed E-state index contributed by atoms with van der Waals surface area (Å²) in [6.45, 7) is 3.65. The van der Waals surface area contributed by atoms with Gasteiger partial charge in [0.15, 0.2) is 0 Å². The van der Waals surface area contributed by atoms with Gasteiger partial charge in [0, 0.05) is 30.3 Å². The van der Waals surface area contributed by atoms with Gasteiger partial charge in [-0.15, -0.1) is 0 Å². The number of carbonyl (C=O) groups excluding carboxylic acids is 2. The highest BCUT2D eigenvalue weighted by atomic mass is 35.5. The van der Waals surface area contributed by atoms with Crippen LogP contribution < -0.4 is 26.2 Å². The zero-order valence-corrected chi connectivity index (χ0v) is 21.0. The monoisotopic (exact) mass is 528 g/mol. The number of rotatable bonds is 5. The third kappa shape index (κ3) is 4.37. The number of carbonyl (C=O) groups is 2. The Morgan fingerprint density at radius 3 is 2.67 bits per heavy atom. The average molecular weight is 529 g/mol. The Kier molecular flexibility index (Phi) is 6.38. The molecule has 4 N–H and O–H groups in total. The van der Waals surface area contributed by atoms with Crippen molar-refractivity contribution in [2.75, 3.05) is 30.0 Å². The quantitative estimate of drug-likeness (QED) is 0.474. The summed E-state index contributed by atoms with van der Waals surface area (Å²) in [4.78, 5) is 30.9. The van der Waals surface area contributed by atoms with Crippen LogP contribution in [0.15, 0.2) is 53.1 Å². The van der Waals surface area contributed by atoms with E-state index in [-0.39, 0.29) is 22.2 Å². The molecule has 188 valence electrons. The fraction of sp³-hybridized carbons (Fsp3) is 0.360. The van der Waals surface area contributed by atoms with E-state index in [4.69, 9.17) is 11.6 Å². The van der Waals surface area contributed by atoms with Crippen LogP contribution in [0, 0.1) is 11.7 Å². The summed E-state index contributed by atoms with van der Waals surface area (Å²) < 4.78 is 13.7. The third-order valence-corrected chi connectivity index (χ3v) is 8.69. The van der Waals surface area contributed by atoms with E-state index < -0.39 is 18.0 Å². The van der Waals surface area contributed by atoms with Crippen LogP contribution in [0.3, 0.4) is 0 Å². The second-order valence-electron chi connectivity index (χ2n) is 9.37. The van der Waals surface area contributed by atoms with Crippen molar-refractivity contribution < 1.29 is 14.0 Å². The molecule has 2 aromatic rings. The number of amides is 3. The highest BCUT2D eigenvalue weighted by Gasteiger charge is 2.51. The molecule has 4 aliphatic rings. The van der Waals surface area contributed by atoms with Crippen LogP contribution in [0.4, 0.5) is 20.6 Å². The van der Waals surface area contributed by atoms with Crippen molar-refractivity contribution in [3.8, 4) is 0 Å². The molecule has 0 bridgehead atoms. The molecule has 4 heterocycles. The van der Waals surface area contributed by atoms with E-state index in [2.05, 4.69) is 26.2 Å². The zero-order chi connectivity index (χ0) is 24.8. The number of anilines is 2. The number of thioether (sulfide) groups is 1. The fourth-order valence-corrected chi connectivity index (χ4v) is 6.81. The van der Waals surface area contributed by atoms with Gasteiger partial charge in [0.2, 0.25) is 0 Å². The first-order valence-corrected chi connectivity index (χ1v) is 13.3. The van der Waals surface area contributed by atoms with E-state index in [1.165, 1.54) is 53.3 Å². The number of likely N-dealkylation sites (tertiary alicyclic amines) is 1. The van der Waals surface area contributed by atoms with Crippen LogP contribution in [-0.2, 0) is 11.3 Å². The standard InChI is InChI=1S/C25H26ClFN6O2S/c26-17-11-16(7-8-18(17)27)33-22-19-20(31-25(33)35)21(36-24(19)29-13-28-22)23(34)30-15-5-3-14(4-6-15)12-32-9-1-2-10-32/h3-8,11,19,22,24,28-29H,1-2,9-10,12-13H2,(H,30,34)(H,31,35). The molecule has 4 aliphatic heterocycles. The number of halogens is 2. The number of benzene rings is 2. The van der Waals surface area contributed by atoms with Gasteiger partial charge in [-0.2, -0.15) is 0 Å². The minimum atomic E-state index is -0.547. The molecular formula is C25H26ClFN6O2S. The maximum atomic E-state index is 13.7. The zero-order valence-electron chi connectivity index (χ0n) is 19.4. The SMILES string of the molecule is O=C(Nc1ccc(CN2CCCC2)cc1)C1=C2NC(=O)N(c3ccc(F)c(Cl)c3)C3NCNC(S1)C23. The van der Waals surface area contributed by atoms with Gasteiger partial charge in [-0.3, -0.25) is 25.2 Å². The number of hydrogen-bond acceptors (Lipinski definition) is 6. The van der Waals surface area contributed by atoms with Crippen molar-refractivity contribution in [2.45, 2.75) is 30.9 Å². The molecule has 3 saturated heterocycles. The summed E-state index contributed by atoms with van der Waals surface area (Å²) in [6.07, 6.45) is 2.09. The van der Waals surface area contributed by atoms with Crippen molar-refractivity contribution in [1.82, 2.24) is 20.9 Å². The lowest BCUT2D eigenvalue weighted by Crippen LogP contribution is -2.68. The van der Waals surface area contributed by atoms with Crippen molar-refractivity contribution in [3.63, 3.8) is 0 Å². The van der Waals surface area contributed by atoms with E-state index in [0.29, 0.717) is 28.6 Å². The van der Waals surface area contributed by atoms with E-state index in [9.17, 15) is 14.0 Å². The third-order valence-electron chi connectivity index (χ3n) is 7.05. The summed E-state index contributed by atoms with van der Waals surface area (Å²) in [6, 6.07) is 11.7. The predicted octanol–water partition coefficient (Wildman–Crippen LogP) is 3.62. The van der Waals surface area contributed by atoms with Gasteiger partial charge in [0.25, 0.3) is 5.91 Å². The molecule has 11 heteroatoms. The lowest BCUT2D eigenvalue weighted by molar-refractivity contribution is -0.112. The summed E-state index contributed by atoms with van der Waals surface area (Å²) in [7, 11) is 0. The van der Waals surface area contributed by atoms with Gasteiger partial charge in [0.05, 0.1) is 21.2 Å². The van der Waals surface area contributed by atoms with E-state index in [0.717, 1.165) is 19.6 Å². The molecule has 0 aromatic heterocycles. The van der Waals surface area contributed by atoms with Crippen molar-refractivity contribution >= 4 is 46.7 Å². The maximum absolute atomic E-state index is 13.7. The predicted molar refractivity (Wildman–Crippen MR) is 139 cm³/mol. The average Bonchev–Trinajstić information content (AvgIpc) is 3.51. The second-order valence-corrected chi connectivity index (χ2v) is 10.9. The van der Waals surface area contributed by atoms with Gasteiger partial charge in [0.1, 0.15) is 12.0 Å². The van der Waals surface area contributed by atoms with Crippen LogP contribution in [-0.4, -0.2) is 48.1 Å². The van der Waals surface area contributed by atoms with Crippen LogP contribution in [0.5, 0.6) is 0 Å². The van der Waals surface area contributed by atoms with Crippen LogP contribution >= 0.6 is 23.4 Å². The Bertz CT molecular complexity index is 1240. The maximum Gasteiger partial charge on any atom is 0.327 e. The largest absolute Gasteiger partial charge is 0.327 e. The molecule has 3 amide bonds. The molecule has 0 spiro atoms. The normalized spacial score (nSPS) is 25.7. The molecule has 3 fully saturated rings. The Balaban J connectivity index is 1.21. The Morgan fingerprint density at radius 1 is 1.14 bits per heavy atom. The molecule has 6 rings (SSSR count). The minimum Gasteiger partial charge on any atom is -0.321 e. The first-order valence-electron chi connectivity index (χ1n) is 12.0. The summed E-state index contributed by atoms with van der Waals surface area (Å²) in [5, 5.41) is 12.4. The summed E-state index contributed by atoms with van der Waals surface area (Å²) >= 11 is 7.39. The molecule has 0 aliphatic carbocycles. The second kappa shape index (κ2) is 9.68. The Labute approximate surface area is 217 Å². The molecule has 0 radical (unpaired) electrons. The first-order chi connectivity index (χ1) is 17.5. The number of urea groups is 1. The van der Waals surface area contributed by atoms with Crippen molar-refractivity contribution in [3.05, 3.63) is 69.5 Å². The topological polar surface area (TPSA) is 88.7 Å². The molecule has 8 nitrogen and oxygen atoms in total. The van der Waals surface area contributed by atoms with Crippen LogP contribution in [0.1, 0.15) is 18.4 Å². The molecule has 2 aromatic carbocycles. The van der Waals surface area contributed by atoms with Gasteiger partial charge in [-0.05, 0) is 61.8 Å². The van der Waals surface area contributed by atoms with Crippen LogP contribution in [0.25, 0.3) is 0 Å². The minimum absolute atomic E-state index is 0.0561. The van der Waals surface area contributed by atoms with Gasteiger partial charge < -0.3 is 10.6 Å². The highest BCUT2D eigenvalue weighted by Crippen LogP contribution is 2.46. The van der Waals surface area contributed by atoms with E-state index in [1.807, 2.05) is 24.3 Å². The van der Waals surface area contributed by atoms with Crippen molar-refractivity contribution in [1.29, 1.82) is 0 Å². The lowest BCUT2D eigenvalue weighted by atomic mass is 9.95. The molecule has 36 heavy (non-hydrogen) atoms. The fourth-order valence-electron chi connectivity index (χ4n) is 5.31. The Morgan fingerprint density at radius 2 is 1.92 bits per heavy atom. The van der Waals surface area contributed by atoms with E-state index >= 15 is 0 Å². The smallest absolute Gasteiger partial charge is 0.321 e. The Hall–Kier alpha value is -2.63. The number of hydrogen-bond donors (Lipinski definition) is 4. The lowest BCUT2D eigenvalue weighted by Gasteiger charge is -2.46. The van der Waals surface area contributed by atoms with E-state index in [1.54, 1.807) is 0 Å². The molecule has 3 unspecified atom stereocenters. The molecular weight excluding hydrogens is 503 g/mol. The van der Waals surface area contributed by atoms with Crippen molar-refractivity contribution in [2.24, 2.45) is 5.92 Å². The van der Waals surface area contributed by atoms with Gasteiger partial charge >= 0.3 is 6.03 Å². The van der Waals surface area contributed by atoms with Gasteiger partial charge in [-0.25, -0.2) is 9.18 Å². The summed E-state index contributed by atoms with van der Waals surface area (Å²) in [5.41, 5.74) is 3.00. The number of nitrogens with zero attached hydrogens (tertiary/aromatic N) is 2. The first kappa shape index (κ1) is 23.7. The van der Waals surface area contributed by atoms with Gasteiger partial charge in [-0.1, -0.05) is 35.5 Å². The number of nitrogens with one attached hydrogen (secondary N) is 4. The molecule has 3 atom stereocenters. The van der Waals surface area contributed by atoms with Crippen LogP contribution in [0.2, 0.25) is 5.02 Å². The summed E-state index contributed by atoms with van der Waals surface area (Å²) in [5.74, 6) is -1.00. The highest BCUT2D eigenvalue weighted by molar-refractivity contribution is 8.04.